The van der Waals surface area contributed by atoms with E-state index in [9.17, 15) is 58.7 Å². The van der Waals surface area contributed by atoms with Crippen molar-refractivity contribution in [2.24, 2.45) is 0 Å². The summed E-state index contributed by atoms with van der Waals surface area (Å²) >= 11 is 3.14. The summed E-state index contributed by atoms with van der Waals surface area (Å²) in [6.45, 7) is -7.18. The Morgan fingerprint density at radius 2 is 0.709 bits per heavy atom. The molecule has 0 radical (unpaired) electrons. The van der Waals surface area contributed by atoms with Crippen LogP contribution < -0.4 is 46.7 Å². The molecule has 6 saturated heterocycles. The van der Waals surface area contributed by atoms with Gasteiger partial charge in [0.05, 0.1) is 60.1 Å². The Balaban J connectivity index is 0.000000152. The first-order valence-electron chi connectivity index (χ1n) is 36.3. The van der Waals surface area contributed by atoms with Crippen LogP contribution in [0.3, 0.4) is 0 Å². The first-order chi connectivity index (χ1) is 55.8. The Labute approximate surface area is 678 Å². The molecule has 630 valence electrons. The molecule has 0 saturated carbocycles. The zero-order valence-corrected chi connectivity index (χ0v) is 68.6. The third-order valence-electron chi connectivity index (χ3n) is 19.5. The quantitative estimate of drug-likeness (QED) is 0.0229. The molecule has 48 heteroatoms. The molecule has 117 heavy (non-hydrogen) atoms. The van der Waals surface area contributed by atoms with Gasteiger partial charge >= 0.3 is 38.1 Å². The van der Waals surface area contributed by atoms with Crippen molar-refractivity contribution in [2.45, 2.75) is 150 Å². The number of carbonyl (C=O) groups is 3. The second-order valence-electron chi connectivity index (χ2n) is 27.9. The molecule has 0 bridgehead atoms. The Morgan fingerprint density at radius 1 is 0.453 bits per heavy atom. The topological polar surface area (TPSA) is 580 Å². The number of nitrogen functional groups attached to an aromatic ring is 3. The Morgan fingerprint density at radius 3 is 0.957 bits per heavy atom. The third-order valence-corrected chi connectivity index (χ3v) is 31.7. The van der Waals surface area contributed by atoms with E-state index in [0.29, 0.717) is 36.5 Å². The summed E-state index contributed by atoms with van der Waals surface area (Å²) in [7, 11) is 4.23. The van der Waals surface area contributed by atoms with Crippen molar-refractivity contribution in [3.63, 3.8) is 0 Å². The predicted octanol–water partition coefficient (Wildman–Crippen LogP) is 4.17. The number of nitrogens with one attached hydrogen (secondary N) is 3. The van der Waals surface area contributed by atoms with Crippen molar-refractivity contribution in [3.8, 4) is 17.6 Å². The molecule has 0 aliphatic carbocycles. The van der Waals surface area contributed by atoms with E-state index in [1.54, 1.807) is 0 Å². The van der Waals surface area contributed by atoms with Gasteiger partial charge in [0.15, 0.2) is 52.2 Å². The number of nitrogens with two attached hydrogens (primary N) is 3. The lowest BCUT2D eigenvalue weighted by Gasteiger charge is -2.29. The van der Waals surface area contributed by atoms with Crippen molar-refractivity contribution in [3.05, 3.63) is 127 Å². The van der Waals surface area contributed by atoms with E-state index in [0.717, 1.165) is 50.8 Å². The number of hydrogen-bond acceptors (Lipinski definition) is 39. The number of aliphatic hydroxyl groups excluding tert-OH is 3. The zero-order valence-electron chi connectivity index (χ0n) is 63.5. The molecule has 0 spiro atoms. The molecule has 18 atom stereocenters. The number of ether oxygens (including phenoxy) is 9. The average Bonchev–Trinajstić information content (AvgIpc) is 1.60. The number of carbonyl (C=O) groups excluding carboxylic acids is 3. The largest absolute Gasteiger partial charge is 0.479 e. The molecule has 15 rings (SSSR count). The highest BCUT2D eigenvalue weighted by Crippen LogP contribution is 2.62. The number of rotatable bonds is 24. The molecule has 3 aromatic carbocycles. The van der Waals surface area contributed by atoms with E-state index in [-0.39, 0.29) is 109 Å². The summed E-state index contributed by atoms with van der Waals surface area (Å²) in [5, 5.41) is 74.4. The lowest BCUT2D eigenvalue weighted by molar-refractivity contribution is -0.148. The molecule has 6 fully saturated rings. The van der Waals surface area contributed by atoms with E-state index in [1.165, 1.54) is 74.8 Å². The smallest absolute Gasteiger partial charge is 0.327 e. The van der Waals surface area contributed by atoms with Crippen LogP contribution in [-0.2, 0) is 89.9 Å². The number of nitrogens with zero attached hydrogens (tertiary/aromatic N) is 12. The lowest BCUT2D eigenvalue weighted by atomic mass is 9.96. The minimum absolute atomic E-state index is 0.0745. The van der Waals surface area contributed by atoms with Gasteiger partial charge in [-0.1, -0.05) is 125 Å². The van der Waals surface area contributed by atoms with Crippen LogP contribution in [0.4, 0.5) is 17.8 Å². The highest BCUT2D eigenvalue weighted by molar-refractivity contribution is 8.56. The first-order valence-corrected chi connectivity index (χ1v) is 45.9. The normalized spacial score (nSPS) is 30.9. The minimum Gasteiger partial charge on any atom is -0.479 e. The van der Waals surface area contributed by atoms with Crippen LogP contribution in [-0.4, -0.2) is 237 Å². The SMILES string of the molecule is COc1nc(N)nc2c1ncn2[C@@H]1O[C@H](COP2(=O)N[C@H](C(=O)OCc3ccccc3)CCS2)[C@@H](O)[C@@]1(C)O.COc1nc(N)nc2c1ncn2[C@@H]1O[C@H](CO[P@@]2(=O)N[C@H](C(=O)OCc3ccccc3)CCS2)[C@@H](O)[C@@]1(C)O.COc1nc(N)nc2c1ncn2[C@@H]1O[C@H](CO[P@]2(=O)N[C@H](C(=O)OCc3ccccc3)CCS2)[C@@H](O)[C@@]1(C)O. The number of anilines is 3. The number of benzene rings is 3. The Kier molecular flexibility index (Phi) is 26.8. The fourth-order valence-corrected chi connectivity index (χ4v) is 24.7. The van der Waals surface area contributed by atoms with Crippen LogP contribution in [0.25, 0.3) is 33.5 Å². The second kappa shape index (κ2) is 36.3. The van der Waals surface area contributed by atoms with Gasteiger partial charge in [0.1, 0.15) is 91.4 Å². The van der Waals surface area contributed by atoms with Crippen LogP contribution in [0.15, 0.2) is 110 Å². The molecular formula is C69H87N18O24P3S3. The van der Waals surface area contributed by atoms with Gasteiger partial charge < -0.3 is 104 Å². The second-order valence-corrected chi connectivity index (χ2v) is 41.1. The van der Waals surface area contributed by atoms with Gasteiger partial charge in [-0.15, -0.1) is 0 Å². The third kappa shape index (κ3) is 19.3. The number of esters is 3. The van der Waals surface area contributed by atoms with Crippen molar-refractivity contribution in [1.29, 1.82) is 0 Å². The predicted molar refractivity (Wildman–Crippen MR) is 422 cm³/mol. The standard InChI is InChI=1S/3C23H29N6O8PS/c3*1-23(32)17(30)15(37-21(23)29-12-25-16-18(29)26-22(24)27-19(16)34-2)11-36-38(33)28-14(8-9-39-38)20(31)35-10-13-6-4-3-5-7-13/h3*3-7,12,14-15,17,21,30,32H,8-11H2,1-2H3,(H,28,33)(H2,24,26,27)/t14-,15+,17+,21+,23+,38?;14-,15+,17+,21+,23+,38+;14-,15+,17+,21+,23+,38-/m000/s1. The Bertz CT molecular complexity index is 4670. The summed E-state index contributed by atoms with van der Waals surface area (Å²) < 4.78 is 111. The molecule has 1 unspecified atom stereocenters. The van der Waals surface area contributed by atoms with Crippen LogP contribution in [0.1, 0.15) is 75.4 Å². The van der Waals surface area contributed by atoms with E-state index in [4.69, 9.17) is 73.4 Å². The van der Waals surface area contributed by atoms with Crippen LogP contribution in [0.2, 0.25) is 0 Å². The van der Waals surface area contributed by atoms with Crippen LogP contribution in [0.5, 0.6) is 17.6 Å². The fourth-order valence-electron chi connectivity index (χ4n) is 13.3. The summed E-state index contributed by atoms with van der Waals surface area (Å²) in [6, 6.07) is 25.2. The number of methoxy groups -OCH3 is 3. The van der Waals surface area contributed by atoms with Gasteiger partial charge in [0, 0.05) is 17.3 Å². The fraction of sp³-hybridized carbons (Fsp3) is 0.478. The highest BCUT2D eigenvalue weighted by Gasteiger charge is 2.58. The molecular weight excluding hydrogens is 1650 g/mol. The van der Waals surface area contributed by atoms with E-state index >= 15 is 0 Å². The molecule has 6 aliphatic rings. The molecule has 9 aromatic rings. The van der Waals surface area contributed by atoms with Gasteiger partial charge in [-0.3, -0.25) is 41.8 Å². The summed E-state index contributed by atoms with van der Waals surface area (Å²) in [5.41, 5.74) is 16.0. The maximum atomic E-state index is 13.4. The lowest BCUT2D eigenvalue weighted by Crippen LogP contribution is -2.44. The Hall–Kier alpha value is -8.34. The van der Waals surface area contributed by atoms with Crippen molar-refractivity contribution in [1.82, 2.24) is 73.8 Å². The average molecular weight is 1740 g/mol. The molecule has 6 aromatic heterocycles. The van der Waals surface area contributed by atoms with E-state index < -0.39 is 128 Å². The number of aromatic nitrogens is 12. The maximum Gasteiger partial charge on any atom is 0.327 e. The van der Waals surface area contributed by atoms with Gasteiger partial charge in [-0.2, -0.15) is 29.9 Å². The zero-order chi connectivity index (χ0) is 83.4. The maximum absolute atomic E-state index is 13.4. The number of hydrogen-bond donors (Lipinski definition) is 12. The van der Waals surface area contributed by atoms with Gasteiger partial charge in [0.25, 0.3) is 0 Å². The molecule has 12 heterocycles. The monoisotopic (exact) mass is 1740 g/mol. The summed E-state index contributed by atoms with van der Waals surface area (Å²) in [6.07, 6.45) is -5.57. The van der Waals surface area contributed by atoms with Gasteiger partial charge in [-0.25, -0.2) is 30.2 Å². The van der Waals surface area contributed by atoms with Crippen molar-refractivity contribution < 1.29 is 115 Å². The van der Waals surface area contributed by atoms with Crippen LogP contribution in [0, 0.1) is 0 Å². The van der Waals surface area contributed by atoms with Crippen molar-refractivity contribution >= 4 is 124 Å². The number of fused-ring (bicyclic) bond motifs is 3. The molecule has 6 aliphatic heterocycles. The van der Waals surface area contributed by atoms with Crippen molar-refractivity contribution in [2.75, 3.05) is 75.6 Å². The summed E-state index contributed by atoms with van der Waals surface area (Å²) in [4.78, 5) is 75.0. The summed E-state index contributed by atoms with van der Waals surface area (Å²) in [5.74, 6) is -0.210. The minimum atomic E-state index is -3.56. The van der Waals surface area contributed by atoms with E-state index in [2.05, 4.69) is 60.1 Å². The van der Waals surface area contributed by atoms with E-state index in [1.807, 2.05) is 91.0 Å². The molecule has 15 N–H and O–H groups in total. The molecule has 0 amide bonds. The highest BCUT2D eigenvalue weighted by atomic mass is 32.7. The number of imidazole rings is 3. The van der Waals surface area contributed by atoms with Gasteiger partial charge in [0.2, 0.25) is 35.5 Å². The first kappa shape index (κ1) is 86.5. The number of aliphatic hydroxyl groups is 6. The van der Waals surface area contributed by atoms with Gasteiger partial charge in [-0.05, 0) is 56.7 Å². The van der Waals surface area contributed by atoms with Crippen LogP contribution >= 0.6 is 54.3 Å². The molecule has 42 nitrogen and oxygen atoms in total.